The van der Waals surface area contributed by atoms with Gasteiger partial charge in [-0.05, 0) is 25.5 Å². The van der Waals surface area contributed by atoms with Gasteiger partial charge in [-0.25, -0.2) is 4.98 Å². The lowest BCUT2D eigenvalue weighted by Gasteiger charge is -2.35. The SMILES string of the molecule is C[C@@H]1CN(C(=O)c2ccc(OCc3ccccc3)nc2)C[C@@H](C)O1. The minimum atomic E-state index is -0.0147. The van der Waals surface area contributed by atoms with Gasteiger partial charge >= 0.3 is 0 Å². The van der Waals surface area contributed by atoms with Crippen LogP contribution in [0, 0.1) is 0 Å². The van der Waals surface area contributed by atoms with Gasteiger partial charge in [-0.2, -0.15) is 0 Å². The summed E-state index contributed by atoms with van der Waals surface area (Å²) < 4.78 is 11.3. The number of benzene rings is 1. The molecule has 24 heavy (non-hydrogen) atoms. The summed E-state index contributed by atoms with van der Waals surface area (Å²) in [6.45, 7) is 5.63. The first-order valence-electron chi connectivity index (χ1n) is 8.19. The molecule has 2 heterocycles. The highest BCUT2D eigenvalue weighted by atomic mass is 16.5. The first-order chi connectivity index (χ1) is 11.6. The van der Waals surface area contributed by atoms with Crippen molar-refractivity contribution in [3.63, 3.8) is 0 Å². The van der Waals surface area contributed by atoms with E-state index < -0.39 is 0 Å². The number of morpholine rings is 1. The van der Waals surface area contributed by atoms with E-state index in [4.69, 9.17) is 9.47 Å². The van der Waals surface area contributed by atoms with Crippen LogP contribution in [0.1, 0.15) is 29.8 Å². The normalized spacial score (nSPS) is 20.7. The van der Waals surface area contributed by atoms with Gasteiger partial charge in [0.15, 0.2) is 0 Å². The second-order valence-electron chi connectivity index (χ2n) is 6.13. The molecular weight excluding hydrogens is 304 g/mol. The highest BCUT2D eigenvalue weighted by molar-refractivity contribution is 5.94. The van der Waals surface area contributed by atoms with Crippen LogP contribution in [0.3, 0.4) is 0 Å². The van der Waals surface area contributed by atoms with Crippen molar-refractivity contribution in [3.05, 3.63) is 59.8 Å². The van der Waals surface area contributed by atoms with Crippen molar-refractivity contribution in [1.82, 2.24) is 9.88 Å². The zero-order chi connectivity index (χ0) is 16.9. The fraction of sp³-hybridized carbons (Fsp3) is 0.368. The summed E-state index contributed by atoms with van der Waals surface area (Å²) >= 11 is 0. The average molecular weight is 326 g/mol. The van der Waals surface area contributed by atoms with Crippen LogP contribution >= 0.6 is 0 Å². The number of hydrogen-bond donors (Lipinski definition) is 0. The molecule has 1 amide bonds. The van der Waals surface area contributed by atoms with Crippen molar-refractivity contribution in [2.45, 2.75) is 32.7 Å². The average Bonchev–Trinajstić information content (AvgIpc) is 2.60. The number of rotatable bonds is 4. The lowest BCUT2D eigenvalue weighted by atomic mass is 10.2. The van der Waals surface area contributed by atoms with Gasteiger partial charge in [-0.3, -0.25) is 4.79 Å². The largest absolute Gasteiger partial charge is 0.473 e. The molecule has 0 unspecified atom stereocenters. The molecule has 0 aliphatic carbocycles. The molecule has 1 saturated heterocycles. The molecule has 0 radical (unpaired) electrons. The summed E-state index contributed by atoms with van der Waals surface area (Å²) in [5.41, 5.74) is 1.65. The Hall–Kier alpha value is -2.40. The van der Waals surface area contributed by atoms with E-state index in [0.29, 0.717) is 31.1 Å². The molecule has 1 fully saturated rings. The summed E-state index contributed by atoms with van der Waals surface area (Å²) in [6.07, 6.45) is 1.69. The third-order valence-electron chi connectivity index (χ3n) is 3.92. The van der Waals surface area contributed by atoms with Gasteiger partial charge in [0.1, 0.15) is 6.61 Å². The maximum Gasteiger partial charge on any atom is 0.255 e. The quantitative estimate of drug-likeness (QED) is 0.867. The van der Waals surface area contributed by atoms with Crippen LogP contribution in [0.4, 0.5) is 0 Å². The van der Waals surface area contributed by atoms with Crippen molar-refractivity contribution >= 4 is 5.91 Å². The molecule has 0 bridgehead atoms. The number of carbonyl (C=O) groups is 1. The Labute approximate surface area is 142 Å². The zero-order valence-electron chi connectivity index (χ0n) is 14.0. The number of carbonyl (C=O) groups excluding carboxylic acids is 1. The smallest absolute Gasteiger partial charge is 0.255 e. The standard InChI is InChI=1S/C19H22N2O3/c1-14-11-21(12-15(2)24-14)19(22)17-8-9-18(20-10-17)23-13-16-6-4-3-5-7-16/h3-10,14-15H,11-13H2,1-2H3/t14-,15-/m1/s1. The Morgan fingerprint density at radius 3 is 2.50 bits per heavy atom. The molecule has 1 aromatic carbocycles. The Balaban J connectivity index is 1.60. The van der Waals surface area contributed by atoms with E-state index in [-0.39, 0.29) is 18.1 Å². The van der Waals surface area contributed by atoms with E-state index >= 15 is 0 Å². The molecule has 0 saturated carbocycles. The van der Waals surface area contributed by atoms with Crippen LogP contribution in [0.2, 0.25) is 0 Å². The fourth-order valence-corrected chi connectivity index (χ4v) is 2.85. The Bertz CT molecular complexity index is 663. The number of amides is 1. The van der Waals surface area contributed by atoms with Crippen molar-refractivity contribution < 1.29 is 14.3 Å². The third kappa shape index (κ3) is 4.11. The Kier molecular flexibility index (Phi) is 5.11. The third-order valence-corrected chi connectivity index (χ3v) is 3.92. The molecule has 2 aromatic rings. The van der Waals surface area contributed by atoms with Crippen molar-refractivity contribution in [2.75, 3.05) is 13.1 Å². The molecule has 5 heteroatoms. The molecule has 1 aromatic heterocycles. The molecule has 0 N–H and O–H groups in total. The highest BCUT2D eigenvalue weighted by Crippen LogP contribution is 2.16. The summed E-state index contributed by atoms with van der Waals surface area (Å²) in [5, 5.41) is 0. The van der Waals surface area contributed by atoms with E-state index in [0.717, 1.165) is 5.56 Å². The molecule has 3 rings (SSSR count). The number of ether oxygens (including phenoxy) is 2. The van der Waals surface area contributed by atoms with Crippen molar-refractivity contribution in [1.29, 1.82) is 0 Å². The zero-order valence-corrected chi connectivity index (χ0v) is 14.0. The van der Waals surface area contributed by atoms with E-state index in [1.165, 1.54) is 0 Å². The van der Waals surface area contributed by atoms with Gasteiger partial charge in [0.25, 0.3) is 5.91 Å². The van der Waals surface area contributed by atoms with Gasteiger partial charge in [-0.15, -0.1) is 0 Å². The Morgan fingerprint density at radius 1 is 1.17 bits per heavy atom. The predicted molar refractivity (Wildman–Crippen MR) is 90.9 cm³/mol. The second kappa shape index (κ2) is 7.45. The van der Waals surface area contributed by atoms with Gasteiger partial charge in [0.2, 0.25) is 5.88 Å². The first kappa shape index (κ1) is 16.5. The number of nitrogens with zero attached hydrogens (tertiary/aromatic N) is 2. The minimum Gasteiger partial charge on any atom is -0.473 e. The lowest BCUT2D eigenvalue weighted by molar-refractivity contribution is -0.0586. The van der Waals surface area contributed by atoms with Crippen LogP contribution < -0.4 is 4.74 Å². The van der Waals surface area contributed by atoms with Gasteiger partial charge < -0.3 is 14.4 Å². The molecule has 5 nitrogen and oxygen atoms in total. The fourth-order valence-electron chi connectivity index (χ4n) is 2.85. The van der Waals surface area contributed by atoms with E-state index in [9.17, 15) is 4.79 Å². The summed E-state index contributed by atoms with van der Waals surface area (Å²) in [4.78, 5) is 18.6. The van der Waals surface area contributed by atoms with Crippen molar-refractivity contribution in [3.8, 4) is 5.88 Å². The first-order valence-corrected chi connectivity index (χ1v) is 8.19. The summed E-state index contributed by atoms with van der Waals surface area (Å²) in [6, 6.07) is 13.4. The number of hydrogen-bond acceptors (Lipinski definition) is 4. The highest BCUT2D eigenvalue weighted by Gasteiger charge is 2.26. The van der Waals surface area contributed by atoms with Crippen LogP contribution in [0.5, 0.6) is 5.88 Å². The molecule has 1 aliphatic rings. The van der Waals surface area contributed by atoms with Gasteiger partial charge in [0, 0.05) is 25.4 Å². The summed E-state index contributed by atoms with van der Waals surface area (Å²) in [7, 11) is 0. The molecule has 2 atom stereocenters. The second-order valence-corrected chi connectivity index (χ2v) is 6.13. The number of pyridine rings is 1. The van der Waals surface area contributed by atoms with Crippen LogP contribution in [0.15, 0.2) is 48.7 Å². The van der Waals surface area contributed by atoms with Crippen LogP contribution in [0.25, 0.3) is 0 Å². The molecule has 0 spiro atoms. The maximum atomic E-state index is 12.6. The lowest BCUT2D eigenvalue weighted by Crippen LogP contribution is -2.48. The minimum absolute atomic E-state index is 0.0147. The number of aromatic nitrogens is 1. The van der Waals surface area contributed by atoms with Crippen LogP contribution in [-0.4, -0.2) is 41.1 Å². The van der Waals surface area contributed by atoms with Crippen molar-refractivity contribution in [2.24, 2.45) is 0 Å². The molecule has 1 aliphatic heterocycles. The van der Waals surface area contributed by atoms with Gasteiger partial charge in [0.05, 0.1) is 17.8 Å². The molecular formula is C19H22N2O3. The van der Waals surface area contributed by atoms with E-state index in [1.54, 1.807) is 18.3 Å². The Morgan fingerprint density at radius 2 is 1.88 bits per heavy atom. The molecule has 126 valence electrons. The topological polar surface area (TPSA) is 51.7 Å². The van der Waals surface area contributed by atoms with E-state index in [1.807, 2.05) is 49.1 Å². The van der Waals surface area contributed by atoms with Crippen LogP contribution in [-0.2, 0) is 11.3 Å². The maximum absolute atomic E-state index is 12.6. The predicted octanol–water partition coefficient (Wildman–Crippen LogP) is 2.91. The van der Waals surface area contributed by atoms with E-state index in [2.05, 4.69) is 4.98 Å². The summed E-state index contributed by atoms with van der Waals surface area (Å²) in [5.74, 6) is 0.498. The monoisotopic (exact) mass is 326 g/mol. The van der Waals surface area contributed by atoms with Gasteiger partial charge in [-0.1, -0.05) is 30.3 Å².